The van der Waals surface area contributed by atoms with Crippen LogP contribution >= 0.6 is 0 Å². The second kappa shape index (κ2) is 19.3. The van der Waals surface area contributed by atoms with E-state index in [1.54, 1.807) is 0 Å². The van der Waals surface area contributed by atoms with Crippen LogP contribution in [0.1, 0.15) is 39.5 Å². The van der Waals surface area contributed by atoms with Gasteiger partial charge in [0, 0.05) is 0 Å². The summed E-state index contributed by atoms with van der Waals surface area (Å²) in [4.78, 5) is 19.5. The van der Waals surface area contributed by atoms with E-state index in [-0.39, 0.29) is 32.0 Å². The number of unbranched alkanes of at least 4 members (excludes halogenated alkanes) is 1. The smallest absolute Gasteiger partial charge is 0.310 e. The minimum absolute atomic E-state index is 0.0972. The summed E-state index contributed by atoms with van der Waals surface area (Å²) in [7, 11) is 0. The van der Waals surface area contributed by atoms with Crippen molar-refractivity contribution in [1.29, 1.82) is 0 Å². The number of carbonyl (C=O) groups is 2. The molecule has 5 N–H and O–H groups in total. The molecule has 0 aliphatic rings. The summed E-state index contributed by atoms with van der Waals surface area (Å²) in [5, 5.41) is 40.2. The highest BCUT2D eigenvalue weighted by molar-refractivity contribution is 5.93. The van der Waals surface area contributed by atoms with Gasteiger partial charge in [0.1, 0.15) is 12.2 Å². The van der Waals surface area contributed by atoms with Crippen LogP contribution in [-0.4, -0.2) is 63.2 Å². The second-order valence-electron chi connectivity index (χ2n) is 3.70. The summed E-state index contributed by atoms with van der Waals surface area (Å²) >= 11 is 0. The van der Waals surface area contributed by atoms with Gasteiger partial charge in [-0.25, -0.2) is 0 Å². The molecule has 0 rings (SSSR count). The minimum Gasteiger partial charge on any atom is -0.481 e. The van der Waals surface area contributed by atoms with Gasteiger partial charge in [-0.1, -0.05) is 19.8 Å². The molecule has 7 heteroatoms. The third-order valence-corrected chi connectivity index (χ3v) is 1.60. The molecule has 116 valence electrons. The molecule has 0 aliphatic heterocycles. The second-order valence-corrected chi connectivity index (χ2v) is 3.70. The summed E-state index contributed by atoms with van der Waals surface area (Å²) in [6, 6.07) is 0. The summed E-state index contributed by atoms with van der Waals surface area (Å²) < 4.78 is 0. The van der Waals surface area contributed by atoms with Crippen LogP contribution in [-0.2, 0) is 9.59 Å². The lowest BCUT2D eigenvalue weighted by Gasteiger charge is -2.02. The lowest BCUT2D eigenvalue weighted by molar-refractivity contribution is -0.139. The maximum atomic E-state index is 9.87. The third kappa shape index (κ3) is 38.3. The predicted octanol–water partition coefficient (Wildman–Crippen LogP) is -0.449. The lowest BCUT2D eigenvalue weighted by atomic mass is 10.2. The van der Waals surface area contributed by atoms with Gasteiger partial charge in [0.2, 0.25) is 0 Å². The summed E-state index contributed by atoms with van der Waals surface area (Å²) in [5.41, 5.74) is 0. The number of aliphatic hydroxyl groups is 4. The number of carboxylic acids is 1. The first-order valence-corrected chi connectivity index (χ1v) is 6.07. The van der Waals surface area contributed by atoms with Gasteiger partial charge in [-0.15, -0.1) is 0 Å². The van der Waals surface area contributed by atoms with E-state index >= 15 is 0 Å². The molecule has 0 bridgehead atoms. The van der Waals surface area contributed by atoms with Gasteiger partial charge < -0.3 is 25.5 Å². The number of rotatable bonds is 7. The van der Waals surface area contributed by atoms with E-state index in [4.69, 9.17) is 25.5 Å². The number of aliphatic carboxylic acids is 1. The van der Waals surface area contributed by atoms with Crippen molar-refractivity contribution in [2.24, 2.45) is 0 Å². The van der Waals surface area contributed by atoms with Crippen molar-refractivity contribution >= 4 is 11.8 Å². The fourth-order valence-electron chi connectivity index (χ4n) is 0.744. The average molecular weight is 282 g/mol. The molecule has 19 heavy (non-hydrogen) atoms. The zero-order valence-corrected chi connectivity index (χ0v) is 11.6. The van der Waals surface area contributed by atoms with Crippen molar-refractivity contribution in [3.8, 4) is 0 Å². The Morgan fingerprint density at radius 3 is 1.74 bits per heavy atom. The van der Waals surface area contributed by atoms with Crippen LogP contribution in [0.2, 0.25) is 0 Å². The zero-order valence-electron chi connectivity index (χ0n) is 11.6. The van der Waals surface area contributed by atoms with Gasteiger partial charge in [-0.3, -0.25) is 9.59 Å². The van der Waals surface area contributed by atoms with E-state index in [1.165, 1.54) is 6.92 Å². The molecular formula is C12H26O7. The van der Waals surface area contributed by atoms with Crippen LogP contribution in [0, 0.1) is 0 Å². The Bertz CT molecular complexity index is 192. The Kier molecular flexibility index (Phi) is 23.5. The van der Waals surface area contributed by atoms with Crippen LogP contribution < -0.4 is 0 Å². The molecule has 1 unspecified atom stereocenters. The van der Waals surface area contributed by atoms with Gasteiger partial charge in [-0.05, 0) is 13.3 Å². The van der Waals surface area contributed by atoms with E-state index in [1.807, 2.05) is 0 Å². The number of aliphatic hydroxyl groups excluding tert-OH is 4. The van der Waals surface area contributed by atoms with Crippen LogP contribution in [0.4, 0.5) is 0 Å². The number of hydrogen-bond acceptors (Lipinski definition) is 6. The molecule has 0 heterocycles. The van der Waals surface area contributed by atoms with Crippen molar-refractivity contribution in [3.63, 3.8) is 0 Å². The standard InChI is InChI=1S/C6H14O2.C4H6O3.C2H6O2/c1-2-3-4-6(8)5-7;1-3(5)2-4(6)7;3-1-2-4/h6-8H,2-5H2,1H3;2H2,1H3,(H,6,7);3-4H,1-2H2. The van der Waals surface area contributed by atoms with Crippen molar-refractivity contribution in [2.75, 3.05) is 19.8 Å². The fourth-order valence-corrected chi connectivity index (χ4v) is 0.744. The molecule has 0 saturated heterocycles. The first kappa shape index (κ1) is 23.1. The maximum Gasteiger partial charge on any atom is 0.310 e. The average Bonchev–Trinajstić information content (AvgIpc) is 2.35. The Labute approximate surface area is 113 Å². The molecule has 1 atom stereocenters. The van der Waals surface area contributed by atoms with Gasteiger partial charge in [0.05, 0.1) is 25.9 Å². The number of Topliss-reactive ketones (excluding diaryl/α,β-unsaturated/α-hetero) is 1. The molecule has 0 radical (unpaired) electrons. The SMILES string of the molecule is CC(=O)CC(=O)O.CCCCC(O)CO.OCCO. The molecule has 0 fully saturated rings. The molecule has 7 nitrogen and oxygen atoms in total. The summed E-state index contributed by atoms with van der Waals surface area (Å²) in [6.45, 7) is 2.96. The third-order valence-electron chi connectivity index (χ3n) is 1.60. The van der Waals surface area contributed by atoms with E-state index in [0.29, 0.717) is 0 Å². The number of carboxylic acid groups (broad SMARTS) is 1. The Balaban J connectivity index is -0.000000214. The van der Waals surface area contributed by atoms with Gasteiger partial charge in [-0.2, -0.15) is 0 Å². The van der Waals surface area contributed by atoms with Gasteiger partial charge in [0.25, 0.3) is 0 Å². The molecule has 0 amide bonds. The van der Waals surface area contributed by atoms with Crippen LogP contribution in [0.5, 0.6) is 0 Å². The Morgan fingerprint density at radius 2 is 1.58 bits per heavy atom. The Morgan fingerprint density at radius 1 is 1.11 bits per heavy atom. The molecule has 0 aliphatic carbocycles. The van der Waals surface area contributed by atoms with Crippen LogP contribution in [0.15, 0.2) is 0 Å². The first-order valence-electron chi connectivity index (χ1n) is 6.07. The highest BCUT2D eigenvalue weighted by Crippen LogP contribution is 1.97. The first-order chi connectivity index (χ1) is 8.85. The van der Waals surface area contributed by atoms with E-state index in [2.05, 4.69) is 6.92 Å². The van der Waals surface area contributed by atoms with Gasteiger partial charge in [0.15, 0.2) is 0 Å². The van der Waals surface area contributed by atoms with Crippen molar-refractivity contribution in [1.82, 2.24) is 0 Å². The zero-order chi connectivity index (χ0) is 15.7. The summed E-state index contributed by atoms with van der Waals surface area (Å²) in [5.74, 6) is -1.37. The largest absolute Gasteiger partial charge is 0.481 e. The number of ketones is 1. The Hall–Kier alpha value is -1.02. The number of hydrogen-bond donors (Lipinski definition) is 5. The monoisotopic (exact) mass is 282 g/mol. The number of carbonyl (C=O) groups excluding carboxylic acids is 1. The van der Waals surface area contributed by atoms with E-state index < -0.39 is 12.1 Å². The highest BCUT2D eigenvalue weighted by atomic mass is 16.4. The minimum atomic E-state index is -1.06. The van der Waals surface area contributed by atoms with E-state index in [0.717, 1.165) is 19.3 Å². The normalized spacial score (nSPS) is 10.4. The molecule has 0 aromatic carbocycles. The lowest BCUT2D eigenvalue weighted by Crippen LogP contribution is -2.10. The molecule has 0 aromatic rings. The topological polar surface area (TPSA) is 135 Å². The maximum absolute atomic E-state index is 9.87. The summed E-state index contributed by atoms with van der Waals surface area (Å²) in [6.07, 6.45) is 1.96. The van der Waals surface area contributed by atoms with Crippen molar-refractivity contribution in [2.45, 2.75) is 45.6 Å². The van der Waals surface area contributed by atoms with Gasteiger partial charge >= 0.3 is 5.97 Å². The quantitative estimate of drug-likeness (QED) is 0.399. The predicted molar refractivity (Wildman–Crippen MR) is 69.7 cm³/mol. The van der Waals surface area contributed by atoms with Crippen molar-refractivity contribution < 1.29 is 35.1 Å². The van der Waals surface area contributed by atoms with Crippen LogP contribution in [0.3, 0.4) is 0 Å². The van der Waals surface area contributed by atoms with E-state index in [9.17, 15) is 9.59 Å². The van der Waals surface area contributed by atoms with Crippen LogP contribution in [0.25, 0.3) is 0 Å². The molecule has 0 saturated carbocycles. The fraction of sp³-hybridized carbons (Fsp3) is 0.833. The molecule has 0 spiro atoms. The highest BCUT2D eigenvalue weighted by Gasteiger charge is 1.98. The molecule has 0 aromatic heterocycles. The van der Waals surface area contributed by atoms with Crippen molar-refractivity contribution in [3.05, 3.63) is 0 Å². The molecular weight excluding hydrogens is 256 g/mol.